The molecule has 0 saturated heterocycles. The second-order valence-electron chi connectivity index (χ2n) is 7.54. The van der Waals surface area contributed by atoms with Crippen LogP contribution >= 0.6 is 22.9 Å². The first kappa shape index (κ1) is 21.2. The molecule has 4 rings (SSSR count). The Balaban J connectivity index is 1.58. The third kappa shape index (κ3) is 4.39. The highest BCUT2D eigenvalue weighted by molar-refractivity contribution is 7.18. The Labute approximate surface area is 189 Å². The van der Waals surface area contributed by atoms with Gasteiger partial charge in [-0.05, 0) is 49.5 Å². The van der Waals surface area contributed by atoms with E-state index in [4.69, 9.17) is 11.6 Å². The van der Waals surface area contributed by atoms with E-state index in [0.717, 1.165) is 29.0 Å². The molecule has 3 aromatic rings. The Morgan fingerprint density at radius 2 is 1.77 bits per heavy atom. The van der Waals surface area contributed by atoms with E-state index >= 15 is 0 Å². The zero-order chi connectivity index (χ0) is 22.1. The first-order valence-electron chi connectivity index (χ1n) is 9.62. The van der Waals surface area contributed by atoms with Crippen molar-refractivity contribution in [1.29, 1.82) is 0 Å². The molecule has 1 N–H and O–H groups in total. The monoisotopic (exact) mass is 453 g/mol. The molecule has 0 unspecified atom stereocenters. The van der Waals surface area contributed by atoms with Gasteiger partial charge in [0.25, 0.3) is 17.7 Å². The molecule has 158 valence electrons. The molecule has 31 heavy (non-hydrogen) atoms. The number of imide groups is 1. The Morgan fingerprint density at radius 1 is 1.03 bits per heavy atom. The van der Waals surface area contributed by atoms with Gasteiger partial charge in [-0.2, -0.15) is 0 Å². The molecule has 2 aromatic carbocycles. The Hall–Kier alpha value is -3.00. The minimum Gasteiger partial charge on any atom is -0.321 e. The summed E-state index contributed by atoms with van der Waals surface area (Å²) in [5, 5.41) is 2.75. The SMILES string of the molecule is CN(C)Cc1cccc(CN2C(=O)c3cccc(NC(=O)c4ccc(Cl)s4)c3C2=O)c1. The van der Waals surface area contributed by atoms with E-state index in [0.29, 0.717) is 14.9 Å². The third-order valence-corrected chi connectivity index (χ3v) is 6.11. The minimum absolute atomic E-state index is 0.168. The largest absolute Gasteiger partial charge is 0.321 e. The number of carbonyl (C=O) groups is 3. The van der Waals surface area contributed by atoms with E-state index in [-0.39, 0.29) is 29.5 Å². The summed E-state index contributed by atoms with van der Waals surface area (Å²) in [6, 6.07) is 16.0. The van der Waals surface area contributed by atoms with E-state index in [2.05, 4.69) is 10.2 Å². The van der Waals surface area contributed by atoms with Gasteiger partial charge < -0.3 is 10.2 Å². The minimum atomic E-state index is -0.418. The van der Waals surface area contributed by atoms with Crippen LogP contribution in [0.5, 0.6) is 0 Å². The molecular weight excluding hydrogens is 434 g/mol. The number of nitrogens with zero attached hydrogens (tertiary/aromatic N) is 2. The Bertz CT molecular complexity index is 1190. The van der Waals surface area contributed by atoms with E-state index < -0.39 is 5.91 Å². The number of rotatable bonds is 6. The second-order valence-corrected chi connectivity index (χ2v) is 9.26. The number of anilines is 1. The van der Waals surface area contributed by atoms with Crippen LogP contribution in [0.25, 0.3) is 0 Å². The van der Waals surface area contributed by atoms with Crippen molar-refractivity contribution in [1.82, 2.24) is 9.80 Å². The van der Waals surface area contributed by atoms with Crippen LogP contribution in [0.15, 0.2) is 54.6 Å². The van der Waals surface area contributed by atoms with Gasteiger partial charge in [0.05, 0.1) is 32.6 Å². The standard InChI is InChI=1S/C23H20ClN3O3S/c1-26(2)12-14-5-3-6-15(11-14)13-27-22(29)16-7-4-8-17(20(16)23(27)30)25-21(28)18-9-10-19(24)31-18/h3-11H,12-13H2,1-2H3,(H,25,28). The molecule has 0 fully saturated rings. The third-order valence-electron chi connectivity index (χ3n) is 4.88. The highest BCUT2D eigenvalue weighted by Gasteiger charge is 2.37. The molecule has 3 amide bonds. The van der Waals surface area contributed by atoms with Gasteiger partial charge in [0.1, 0.15) is 0 Å². The van der Waals surface area contributed by atoms with E-state index in [1.807, 2.05) is 38.4 Å². The fourth-order valence-electron chi connectivity index (χ4n) is 3.58. The van der Waals surface area contributed by atoms with Crippen molar-refractivity contribution in [2.24, 2.45) is 0 Å². The maximum Gasteiger partial charge on any atom is 0.265 e. The molecule has 0 bridgehead atoms. The predicted octanol–water partition coefficient (Wildman–Crippen LogP) is 4.51. The van der Waals surface area contributed by atoms with Crippen LogP contribution in [0, 0.1) is 0 Å². The van der Waals surface area contributed by atoms with E-state index in [9.17, 15) is 14.4 Å². The summed E-state index contributed by atoms with van der Waals surface area (Å²) in [7, 11) is 3.97. The number of halogens is 1. The molecule has 8 heteroatoms. The van der Waals surface area contributed by atoms with Gasteiger partial charge >= 0.3 is 0 Å². The number of amides is 3. The average molecular weight is 454 g/mol. The number of hydrogen-bond acceptors (Lipinski definition) is 5. The van der Waals surface area contributed by atoms with Crippen molar-refractivity contribution in [2.45, 2.75) is 13.1 Å². The van der Waals surface area contributed by atoms with Crippen molar-refractivity contribution in [3.63, 3.8) is 0 Å². The number of carbonyl (C=O) groups excluding carboxylic acids is 3. The predicted molar refractivity (Wildman–Crippen MR) is 122 cm³/mol. The van der Waals surface area contributed by atoms with Gasteiger partial charge in [0.15, 0.2) is 0 Å². The number of nitrogens with one attached hydrogen (secondary N) is 1. The summed E-state index contributed by atoms with van der Waals surface area (Å²) < 4.78 is 0.498. The lowest BCUT2D eigenvalue weighted by Crippen LogP contribution is -2.29. The van der Waals surface area contributed by atoms with Crippen LogP contribution in [0.3, 0.4) is 0 Å². The molecule has 1 aromatic heterocycles. The Morgan fingerprint density at radius 3 is 2.48 bits per heavy atom. The summed E-state index contributed by atoms with van der Waals surface area (Å²) in [5.41, 5.74) is 2.79. The zero-order valence-electron chi connectivity index (χ0n) is 17.0. The molecular formula is C23H20ClN3O3S. The quantitative estimate of drug-likeness (QED) is 0.557. The highest BCUT2D eigenvalue weighted by Crippen LogP contribution is 2.31. The first-order valence-corrected chi connectivity index (χ1v) is 10.8. The number of hydrogen-bond donors (Lipinski definition) is 1. The average Bonchev–Trinajstić information content (AvgIpc) is 3.26. The lowest BCUT2D eigenvalue weighted by atomic mass is 10.1. The molecule has 0 saturated carbocycles. The fraction of sp³-hybridized carbons (Fsp3) is 0.174. The van der Waals surface area contributed by atoms with Gasteiger partial charge in [-0.1, -0.05) is 41.9 Å². The maximum absolute atomic E-state index is 13.1. The summed E-state index contributed by atoms with van der Waals surface area (Å²) in [5.74, 6) is -1.16. The van der Waals surface area contributed by atoms with Crippen molar-refractivity contribution in [3.05, 3.63) is 86.1 Å². The van der Waals surface area contributed by atoms with Crippen molar-refractivity contribution in [2.75, 3.05) is 19.4 Å². The van der Waals surface area contributed by atoms with Crippen molar-refractivity contribution < 1.29 is 14.4 Å². The van der Waals surface area contributed by atoms with Crippen LogP contribution in [0.2, 0.25) is 4.34 Å². The molecule has 1 aliphatic rings. The smallest absolute Gasteiger partial charge is 0.265 e. The molecule has 6 nitrogen and oxygen atoms in total. The van der Waals surface area contributed by atoms with Gasteiger partial charge in [0, 0.05) is 6.54 Å². The van der Waals surface area contributed by atoms with E-state index in [1.54, 1.807) is 30.3 Å². The second kappa shape index (κ2) is 8.63. The molecule has 0 spiro atoms. The molecule has 0 atom stereocenters. The molecule has 0 aliphatic carbocycles. The summed E-state index contributed by atoms with van der Waals surface area (Å²) in [4.78, 5) is 42.3. The molecule has 2 heterocycles. The van der Waals surface area contributed by atoms with Gasteiger partial charge in [-0.3, -0.25) is 19.3 Å². The number of fused-ring (bicyclic) bond motifs is 1. The maximum atomic E-state index is 13.1. The van der Waals surface area contributed by atoms with Crippen LogP contribution in [-0.4, -0.2) is 41.6 Å². The van der Waals surface area contributed by atoms with Gasteiger partial charge in [0.2, 0.25) is 0 Å². The van der Waals surface area contributed by atoms with Crippen LogP contribution in [-0.2, 0) is 13.1 Å². The van der Waals surface area contributed by atoms with Crippen LogP contribution in [0.4, 0.5) is 5.69 Å². The van der Waals surface area contributed by atoms with Crippen molar-refractivity contribution >= 4 is 46.3 Å². The normalized spacial score (nSPS) is 13.1. The van der Waals surface area contributed by atoms with E-state index in [1.165, 1.54) is 4.90 Å². The Kier molecular flexibility index (Phi) is 5.91. The molecule has 0 radical (unpaired) electrons. The fourth-order valence-corrected chi connectivity index (χ4v) is 4.51. The number of benzene rings is 2. The first-order chi connectivity index (χ1) is 14.8. The number of thiophene rings is 1. The topological polar surface area (TPSA) is 69.7 Å². The van der Waals surface area contributed by atoms with Gasteiger partial charge in [-0.15, -0.1) is 11.3 Å². The van der Waals surface area contributed by atoms with Crippen LogP contribution in [0.1, 0.15) is 41.5 Å². The molecule has 1 aliphatic heterocycles. The highest BCUT2D eigenvalue weighted by atomic mass is 35.5. The lowest BCUT2D eigenvalue weighted by Gasteiger charge is -2.16. The summed E-state index contributed by atoms with van der Waals surface area (Å²) in [6.45, 7) is 0.931. The van der Waals surface area contributed by atoms with Crippen LogP contribution < -0.4 is 5.32 Å². The summed E-state index contributed by atoms with van der Waals surface area (Å²) >= 11 is 7.05. The summed E-state index contributed by atoms with van der Waals surface area (Å²) in [6.07, 6.45) is 0. The van der Waals surface area contributed by atoms with Gasteiger partial charge in [-0.25, -0.2) is 0 Å². The van der Waals surface area contributed by atoms with Crippen molar-refractivity contribution in [3.8, 4) is 0 Å². The zero-order valence-corrected chi connectivity index (χ0v) is 18.6. The lowest BCUT2D eigenvalue weighted by molar-refractivity contribution is 0.0642.